The third kappa shape index (κ3) is 4.90. The Balaban J connectivity index is 1.84. The molecule has 2 N–H and O–H groups in total. The standard InChI is InChI=1S/C14H28N2O2S2/c1-19-14(7-3-2-4-8-14)12-16-20(17,18)11-13-5-9-15-10-6-13/h13,15-16H,2-12H2,1H3. The zero-order chi connectivity index (χ0) is 14.5. The zero-order valence-corrected chi connectivity index (χ0v) is 14.1. The Kier molecular flexibility index (Phi) is 6.20. The van der Waals surface area contributed by atoms with E-state index in [0.717, 1.165) is 38.8 Å². The molecule has 0 unspecified atom stereocenters. The lowest BCUT2D eigenvalue weighted by Crippen LogP contribution is -2.44. The van der Waals surface area contributed by atoms with Crippen molar-refractivity contribution in [3.05, 3.63) is 0 Å². The number of sulfonamides is 1. The van der Waals surface area contributed by atoms with E-state index in [2.05, 4.69) is 16.3 Å². The normalized spacial score (nSPS) is 24.6. The molecule has 0 aromatic carbocycles. The minimum atomic E-state index is -3.12. The van der Waals surface area contributed by atoms with Gasteiger partial charge in [0.05, 0.1) is 5.75 Å². The SMILES string of the molecule is CSC1(CNS(=O)(=O)CC2CCNCC2)CCCCC1. The van der Waals surface area contributed by atoms with Gasteiger partial charge in [0.1, 0.15) is 0 Å². The summed E-state index contributed by atoms with van der Waals surface area (Å²) in [6, 6.07) is 0. The van der Waals surface area contributed by atoms with Crippen LogP contribution in [0.15, 0.2) is 0 Å². The van der Waals surface area contributed by atoms with Gasteiger partial charge in [-0.25, -0.2) is 13.1 Å². The van der Waals surface area contributed by atoms with Crippen LogP contribution in [0.3, 0.4) is 0 Å². The number of nitrogens with one attached hydrogen (secondary N) is 2. The fourth-order valence-electron chi connectivity index (χ4n) is 3.31. The zero-order valence-electron chi connectivity index (χ0n) is 12.5. The Morgan fingerprint density at radius 2 is 1.85 bits per heavy atom. The number of rotatable bonds is 6. The lowest BCUT2D eigenvalue weighted by molar-refractivity contribution is 0.387. The summed E-state index contributed by atoms with van der Waals surface area (Å²) in [6.45, 7) is 2.52. The van der Waals surface area contributed by atoms with E-state index in [0.29, 0.717) is 18.2 Å². The van der Waals surface area contributed by atoms with Gasteiger partial charge in [-0.2, -0.15) is 11.8 Å². The largest absolute Gasteiger partial charge is 0.317 e. The van der Waals surface area contributed by atoms with Crippen molar-refractivity contribution in [2.24, 2.45) is 5.92 Å². The van der Waals surface area contributed by atoms with E-state index < -0.39 is 10.0 Å². The number of hydrogen-bond donors (Lipinski definition) is 2. The molecule has 1 heterocycles. The van der Waals surface area contributed by atoms with Crippen LogP contribution in [0, 0.1) is 5.92 Å². The van der Waals surface area contributed by atoms with Crippen molar-refractivity contribution in [1.82, 2.24) is 10.0 Å². The lowest BCUT2D eigenvalue weighted by atomic mass is 9.88. The average Bonchev–Trinajstić information content (AvgIpc) is 2.47. The second-order valence-electron chi connectivity index (χ2n) is 6.24. The van der Waals surface area contributed by atoms with E-state index in [-0.39, 0.29) is 4.75 Å². The first-order chi connectivity index (χ1) is 9.55. The van der Waals surface area contributed by atoms with Crippen molar-refractivity contribution in [2.75, 3.05) is 31.6 Å². The van der Waals surface area contributed by atoms with Crippen LogP contribution in [0.1, 0.15) is 44.9 Å². The Bertz CT molecular complexity index is 386. The lowest BCUT2D eigenvalue weighted by Gasteiger charge is -2.36. The third-order valence-electron chi connectivity index (χ3n) is 4.73. The summed E-state index contributed by atoms with van der Waals surface area (Å²) < 4.78 is 27.6. The van der Waals surface area contributed by atoms with Crippen molar-refractivity contribution in [3.8, 4) is 0 Å². The van der Waals surface area contributed by atoms with Crippen LogP contribution >= 0.6 is 11.8 Å². The van der Waals surface area contributed by atoms with Crippen LogP contribution in [0.2, 0.25) is 0 Å². The van der Waals surface area contributed by atoms with Crippen LogP contribution < -0.4 is 10.0 Å². The van der Waals surface area contributed by atoms with Crippen molar-refractivity contribution in [1.29, 1.82) is 0 Å². The van der Waals surface area contributed by atoms with Gasteiger partial charge in [-0.1, -0.05) is 19.3 Å². The molecule has 118 valence electrons. The Morgan fingerprint density at radius 3 is 2.45 bits per heavy atom. The second kappa shape index (κ2) is 7.47. The third-order valence-corrected chi connectivity index (χ3v) is 7.64. The maximum Gasteiger partial charge on any atom is 0.211 e. The summed E-state index contributed by atoms with van der Waals surface area (Å²) in [5.74, 6) is 0.629. The maximum atomic E-state index is 12.3. The monoisotopic (exact) mass is 320 g/mol. The first-order valence-electron chi connectivity index (χ1n) is 7.78. The first kappa shape index (κ1) is 16.6. The molecule has 4 nitrogen and oxygen atoms in total. The van der Waals surface area contributed by atoms with Gasteiger partial charge >= 0.3 is 0 Å². The molecule has 0 aromatic rings. The summed E-state index contributed by atoms with van der Waals surface area (Å²) in [5.41, 5.74) is 0. The molecule has 0 amide bonds. The minimum Gasteiger partial charge on any atom is -0.317 e. The summed E-state index contributed by atoms with van der Waals surface area (Å²) >= 11 is 1.84. The molecule has 0 atom stereocenters. The smallest absolute Gasteiger partial charge is 0.211 e. The van der Waals surface area contributed by atoms with E-state index in [4.69, 9.17) is 0 Å². The predicted molar refractivity (Wildman–Crippen MR) is 86.7 cm³/mol. The molecule has 1 saturated carbocycles. The quantitative estimate of drug-likeness (QED) is 0.785. The van der Waals surface area contributed by atoms with Crippen LogP contribution in [-0.2, 0) is 10.0 Å². The van der Waals surface area contributed by atoms with Gasteiger partial charge in [0, 0.05) is 11.3 Å². The van der Waals surface area contributed by atoms with Crippen molar-refractivity contribution in [2.45, 2.75) is 49.7 Å². The predicted octanol–water partition coefficient (Wildman–Crippen LogP) is 1.97. The molecule has 1 saturated heterocycles. The topological polar surface area (TPSA) is 58.2 Å². The molecule has 2 aliphatic rings. The van der Waals surface area contributed by atoms with Gasteiger partial charge in [0.25, 0.3) is 0 Å². The Hall–Kier alpha value is 0.220. The molecule has 2 rings (SSSR count). The molecule has 0 spiro atoms. The molecule has 6 heteroatoms. The number of hydrogen-bond acceptors (Lipinski definition) is 4. The second-order valence-corrected chi connectivity index (χ2v) is 9.37. The fourth-order valence-corrected chi connectivity index (χ4v) is 5.88. The van der Waals surface area contributed by atoms with Crippen LogP contribution in [0.5, 0.6) is 0 Å². The van der Waals surface area contributed by atoms with Crippen molar-refractivity contribution >= 4 is 21.8 Å². The van der Waals surface area contributed by atoms with E-state index in [9.17, 15) is 8.42 Å². The van der Waals surface area contributed by atoms with Gasteiger partial charge in [-0.15, -0.1) is 0 Å². The van der Waals surface area contributed by atoms with E-state index >= 15 is 0 Å². The van der Waals surface area contributed by atoms with E-state index in [1.165, 1.54) is 19.3 Å². The van der Waals surface area contributed by atoms with Gasteiger partial charge < -0.3 is 5.32 Å². The van der Waals surface area contributed by atoms with Crippen molar-refractivity contribution < 1.29 is 8.42 Å². The highest BCUT2D eigenvalue weighted by atomic mass is 32.2. The Morgan fingerprint density at radius 1 is 1.20 bits per heavy atom. The first-order valence-corrected chi connectivity index (χ1v) is 10.7. The van der Waals surface area contributed by atoms with Gasteiger partial charge in [0.2, 0.25) is 10.0 Å². The van der Waals surface area contributed by atoms with Crippen LogP contribution in [0.4, 0.5) is 0 Å². The molecule has 20 heavy (non-hydrogen) atoms. The van der Waals surface area contributed by atoms with Crippen molar-refractivity contribution in [3.63, 3.8) is 0 Å². The summed E-state index contributed by atoms with van der Waals surface area (Å²) in [6.07, 6.45) is 10.1. The highest BCUT2D eigenvalue weighted by molar-refractivity contribution is 8.00. The highest BCUT2D eigenvalue weighted by Gasteiger charge is 2.32. The van der Waals surface area contributed by atoms with Crippen LogP contribution in [0.25, 0.3) is 0 Å². The molecule has 2 fully saturated rings. The molecular weight excluding hydrogens is 292 g/mol. The van der Waals surface area contributed by atoms with Gasteiger partial charge in [-0.05, 0) is 50.9 Å². The van der Waals surface area contributed by atoms with Gasteiger partial charge in [0.15, 0.2) is 0 Å². The maximum absolute atomic E-state index is 12.3. The van der Waals surface area contributed by atoms with E-state index in [1.807, 2.05) is 11.8 Å². The van der Waals surface area contributed by atoms with E-state index in [1.54, 1.807) is 0 Å². The molecular formula is C14H28N2O2S2. The summed E-state index contributed by atoms with van der Waals surface area (Å²) in [4.78, 5) is 0. The molecule has 0 aromatic heterocycles. The summed E-state index contributed by atoms with van der Waals surface area (Å²) in [7, 11) is -3.12. The number of thioether (sulfide) groups is 1. The average molecular weight is 321 g/mol. The van der Waals surface area contributed by atoms with Gasteiger partial charge in [-0.3, -0.25) is 0 Å². The highest BCUT2D eigenvalue weighted by Crippen LogP contribution is 2.38. The number of piperidine rings is 1. The molecule has 0 radical (unpaired) electrons. The van der Waals surface area contributed by atoms with Crippen LogP contribution in [-0.4, -0.2) is 44.8 Å². The molecule has 1 aliphatic carbocycles. The molecule has 1 aliphatic heterocycles. The minimum absolute atomic E-state index is 0.138. The fraction of sp³-hybridized carbons (Fsp3) is 1.00. The summed E-state index contributed by atoms with van der Waals surface area (Å²) in [5, 5.41) is 3.28. The Labute approximate surface area is 127 Å². The molecule has 0 bridgehead atoms.